The van der Waals surface area contributed by atoms with E-state index >= 15 is 0 Å². The van der Waals surface area contributed by atoms with Crippen LogP contribution in [0, 0.1) is 0 Å². The lowest BCUT2D eigenvalue weighted by molar-refractivity contribution is 0.0731. The first kappa shape index (κ1) is 27.5. The molecule has 8 rings (SSSR count). The summed E-state index contributed by atoms with van der Waals surface area (Å²) in [7, 11) is 3.33. The first-order valence-electron chi connectivity index (χ1n) is 15.5. The number of hydrogen-bond donors (Lipinski definition) is 1. The number of carbonyl (C=O) groups is 1. The minimum absolute atomic E-state index is 0.0451. The maximum Gasteiger partial charge on any atom is 0.255 e. The number of fused-ring (bicyclic) bond motifs is 10. The van der Waals surface area contributed by atoms with Crippen molar-refractivity contribution < 1.29 is 19.4 Å². The van der Waals surface area contributed by atoms with Crippen molar-refractivity contribution in [3.05, 3.63) is 130 Å². The van der Waals surface area contributed by atoms with Gasteiger partial charge in [-0.1, -0.05) is 66.7 Å². The second-order valence-electron chi connectivity index (χ2n) is 11.9. The standard InChI is InChI=1S/C39H34N2O4/c1-44-27-16-12-24(13-17-27)37(25-14-18-28(45-2)19-15-25)41-23-32-35-30-10-5-6-11-33(30)40(20-7-21-42)38(35)31-22-26-8-3-4-9-29(26)34(31)36(32)39(41)43/h3-6,8-19,37,42H,7,20-23H2,1-2H3. The molecule has 1 aliphatic carbocycles. The van der Waals surface area contributed by atoms with E-state index in [1.165, 1.54) is 16.6 Å². The van der Waals surface area contributed by atoms with E-state index in [1.54, 1.807) is 14.2 Å². The Morgan fingerprint density at radius 1 is 0.778 bits per heavy atom. The van der Waals surface area contributed by atoms with Crippen LogP contribution in [-0.4, -0.2) is 41.3 Å². The van der Waals surface area contributed by atoms with E-state index in [-0.39, 0.29) is 18.6 Å². The predicted molar refractivity (Wildman–Crippen MR) is 177 cm³/mol. The van der Waals surface area contributed by atoms with Crippen molar-refractivity contribution in [2.75, 3.05) is 20.8 Å². The number of carbonyl (C=O) groups excluding carboxylic acids is 1. The van der Waals surface area contributed by atoms with Crippen LogP contribution >= 0.6 is 0 Å². The van der Waals surface area contributed by atoms with E-state index in [2.05, 4.69) is 77.4 Å². The van der Waals surface area contributed by atoms with Crippen LogP contribution in [0.1, 0.15) is 50.6 Å². The SMILES string of the molecule is COc1ccc(C(c2ccc(OC)cc2)N2Cc3c(c4c(c5c3c3ccccc3n5CCCO)Cc3ccccc3-4)C2=O)cc1. The van der Waals surface area contributed by atoms with Crippen molar-refractivity contribution in [1.29, 1.82) is 0 Å². The van der Waals surface area contributed by atoms with Gasteiger partial charge in [0.05, 0.1) is 31.3 Å². The first-order chi connectivity index (χ1) is 22.1. The highest BCUT2D eigenvalue weighted by Gasteiger charge is 2.41. The minimum atomic E-state index is -0.313. The number of amides is 1. The summed E-state index contributed by atoms with van der Waals surface area (Å²) in [5.74, 6) is 1.59. The molecule has 0 bridgehead atoms. The van der Waals surface area contributed by atoms with Crippen molar-refractivity contribution in [2.24, 2.45) is 0 Å². The normalized spacial score (nSPS) is 13.5. The van der Waals surface area contributed by atoms with Crippen LogP contribution in [0.25, 0.3) is 32.9 Å². The molecule has 1 aromatic heterocycles. The molecule has 0 radical (unpaired) electrons. The van der Waals surface area contributed by atoms with Gasteiger partial charge in [-0.25, -0.2) is 0 Å². The Morgan fingerprint density at radius 2 is 1.42 bits per heavy atom. The summed E-state index contributed by atoms with van der Waals surface area (Å²) in [4.78, 5) is 17.0. The summed E-state index contributed by atoms with van der Waals surface area (Å²) >= 11 is 0. The lowest BCUT2D eigenvalue weighted by Gasteiger charge is -2.29. The summed E-state index contributed by atoms with van der Waals surface area (Å²) in [5.41, 5.74) is 10.9. The highest BCUT2D eigenvalue weighted by Crippen LogP contribution is 2.51. The molecule has 1 amide bonds. The third kappa shape index (κ3) is 4.16. The van der Waals surface area contributed by atoms with Crippen LogP contribution in [0.4, 0.5) is 0 Å². The van der Waals surface area contributed by atoms with Gasteiger partial charge in [0.2, 0.25) is 0 Å². The fourth-order valence-corrected chi connectivity index (χ4v) is 7.62. The predicted octanol–water partition coefficient (Wildman–Crippen LogP) is 7.51. The number of benzene rings is 5. The van der Waals surface area contributed by atoms with E-state index in [0.29, 0.717) is 19.5 Å². The summed E-state index contributed by atoms with van der Waals surface area (Å²) in [5, 5.41) is 12.1. The van der Waals surface area contributed by atoms with Crippen molar-refractivity contribution in [2.45, 2.75) is 32.0 Å². The van der Waals surface area contributed by atoms with Gasteiger partial charge in [-0.05, 0) is 70.1 Å². The molecule has 1 aliphatic heterocycles. The quantitative estimate of drug-likeness (QED) is 0.198. The molecule has 0 fully saturated rings. The second kappa shape index (κ2) is 10.8. The van der Waals surface area contributed by atoms with Crippen LogP contribution in [0.15, 0.2) is 97.1 Å². The Morgan fingerprint density at radius 3 is 2.09 bits per heavy atom. The third-order valence-corrected chi connectivity index (χ3v) is 9.58. The molecule has 6 aromatic rings. The smallest absolute Gasteiger partial charge is 0.255 e. The number of methoxy groups -OCH3 is 2. The number of para-hydroxylation sites is 1. The zero-order valence-corrected chi connectivity index (χ0v) is 25.4. The highest BCUT2D eigenvalue weighted by molar-refractivity contribution is 6.20. The summed E-state index contributed by atoms with van der Waals surface area (Å²) in [6.07, 6.45) is 1.44. The molecule has 45 heavy (non-hydrogen) atoms. The fraction of sp³-hybridized carbons (Fsp3) is 0.205. The lowest BCUT2D eigenvalue weighted by atomic mass is 9.92. The zero-order valence-electron chi connectivity index (χ0n) is 25.4. The van der Waals surface area contributed by atoms with Gasteiger partial charge in [0.1, 0.15) is 11.5 Å². The molecule has 2 heterocycles. The number of aryl methyl sites for hydroxylation is 1. The van der Waals surface area contributed by atoms with E-state index in [1.807, 2.05) is 29.2 Å². The van der Waals surface area contributed by atoms with Crippen LogP contribution < -0.4 is 9.47 Å². The Bertz CT molecular complexity index is 2050. The second-order valence-corrected chi connectivity index (χ2v) is 11.9. The number of aliphatic hydroxyl groups is 1. The average Bonchev–Trinajstić information content (AvgIpc) is 3.74. The molecule has 0 saturated heterocycles. The van der Waals surface area contributed by atoms with Crippen molar-refractivity contribution in [3.63, 3.8) is 0 Å². The maximum absolute atomic E-state index is 15.0. The van der Waals surface area contributed by atoms with Gasteiger partial charge in [0, 0.05) is 48.0 Å². The molecule has 0 spiro atoms. The van der Waals surface area contributed by atoms with Crippen LogP contribution in [0.3, 0.4) is 0 Å². The van der Waals surface area contributed by atoms with Gasteiger partial charge >= 0.3 is 0 Å². The van der Waals surface area contributed by atoms with E-state index in [0.717, 1.165) is 67.6 Å². The van der Waals surface area contributed by atoms with Crippen LogP contribution in [-0.2, 0) is 19.5 Å². The largest absolute Gasteiger partial charge is 0.497 e. The number of aliphatic hydroxyl groups excluding tert-OH is 1. The van der Waals surface area contributed by atoms with Gasteiger partial charge in [0.15, 0.2) is 0 Å². The van der Waals surface area contributed by atoms with Gasteiger partial charge in [-0.15, -0.1) is 0 Å². The zero-order chi connectivity index (χ0) is 30.7. The number of aromatic nitrogens is 1. The summed E-state index contributed by atoms with van der Waals surface area (Å²) in [6, 6.07) is 32.7. The summed E-state index contributed by atoms with van der Waals surface area (Å²) < 4.78 is 13.3. The molecule has 6 heteroatoms. The van der Waals surface area contributed by atoms with Crippen LogP contribution in [0.5, 0.6) is 11.5 Å². The number of rotatable bonds is 8. The maximum atomic E-state index is 15.0. The van der Waals surface area contributed by atoms with Crippen molar-refractivity contribution in [1.82, 2.24) is 9.47 Å². The van der Waals surface area contributed by atoms with E-state index in [4.69, 9.17) is 9.47 Å². The monoisotopic (exact) mass is 594 g/mol. The molecule has 5 aromatic carbocycles. The van der Waals surface area contributed by atoms with Crippen LogP contribution in [0.2, 0.25) is 0 Å². The van der Waals surface area contributed by atoms with Gasteiger partial charge < -0.3 is 24.0 Å². The van der Waals surface area contributed by atoms with E-state index in [9.17, 15) is 9.90 Å². The molecule has 0 atom stereocenters. The topological polar surface area (TPSA) is 63.9 Å². The van der Waals surface area contributed by atoms with Gasteiger partial charge in [0.25, 0.3) is 5.91 Å². The van der Waals surface area contributed by atoms with Crippen molar-refractivity contribution in [3.8, 4) is 22.6 Å². The number of nitrogens with zero attached hydrogens (tertiary/aromatic N) is 2. The molecule has 224 valence electrons. The molecular formula is C39H34N2O4. The third-order valence-electron chi connectivity index (χ3n) is 9.58. The van der Waals surface area contributed by atoms with Crippen molar-refractivity contribution >= 4 is 27.7 Å². The average molecular weight is 595 g/mol. The van der Waals surface area contributed by atoms with E-state index < -0.39 is 0 Å². The number of ether oxygens (including phenoxy) is 2. The molecule has 0 unspecified atom stereocenters. The molecular weight excluding hydrogens is 560 g/mol. The Kier molecular flexibility index (Phi) is 6.61. The number of hydrogen-bond acceptors (Lipinski definition) is 4. The van der Waals surface area contributed by atoms with Gasteiger partial charge in [-0.2, -0.15) is 0 Å². The molecule has 0 saturated carbocycles. The molecule has 2 aliphatic rings. The summed E-state index contributed by atoms with van der Waals surface area (Å²) in [6.45, 7) is 1.32. The minimum Gasteiger partial charge on any atom is -0.497 e. The van der Waals surface area contributed by atoms with Gasteiger partial charge in [-0.3, -0.25) is 4.79 Å². The highest BCUT2D eigenvalue weighted by atomic mass is 16.5. The lowest BCUT2D eigenvalue weighted by Crippen LogP contribution is -2.30. The fourth-order valence-electron chi connectivity index (χ4n) is 7.62. The Balaban J connectivity index is 1.39. The molecule has 6 nitrogen and oxygen atoms in total. The first-order valence-corrected chi connectivity index (χ1v) is 15.5. The molecule has 1 N–H and O–H groups in total. The Labute approximate surface area is 262 Å². The Hall–Kier alpha value is -5.07.